The van der Waals surface area contributed by atoms with Crippen LogP contribution in [0.25, 0.3) is 0 Å². The molecule has 0 saturated carbocycles. The lowest BCUT2D eigenvalue weighted by atomic mass is 10.1. The molecule has 0 unspecified atom stereocenters. The second-order valence-electron chi connectivity index (χ2n) is 5.58. The Morgan fingerprint density at radius 3 is 2.95 bits per heavy atom. The van der Waals surface area contributed by atoms with Gasteiger partial charge >= 0.3 is 0 Å². The first-order valence-corrected chi connectivity index (χ1v) is 7.67. The fourth-order valence-electron chi connectivity index (χ4n) is 3.09. The van der Waals surface area contributed by atoms with Crippen LogP contribution in [0.15, 0.2) is 22.7 Å². The summed E-state index contributed by atoms with van der Waals surface area (Å²) in [4.78, 5) is 25.4. The van der Waals surface area contributed by atoms with E-state index in [1.54, 1.807) is 11.9 Å². The van der Waals surface area contributed by atoms with Gasteiger partial charge in [0.1, 0.15) is 0 Å². The zero-order chi connectivity index (χ0) is 14.3. The third-order valence-corrected chi connectivity index (χ3v) is 4.98. The van der Waals surface area contributed by atoms with E-state index in [9.17, 15) is 9.59 Å². The molecule has 20 heavy (non-hydrogen) atoms. The van der Waals surface area contributed by atoms with Crippen molar-refractivity contribution in [2.75, 3.05) is 13.6 Å². The third kappa shape index (κ3) is 2.35. The Hall–Kier alpha value is -1.36. The molecule has 0 radical (unpaired) electrons. The molecule has 1 saturated heterocycles. The lowest BCUT2D eigenvalue weighted by Crippen LogP contribution is -2.34. The van der Waals surface area contributed by atoms with E-state index in [1.807, 2.05) is 12.1 Å². The number of halogens is 1. The van der Waals surface area contributed by atoms with E-state index < -0.39 is 0 Å². The van der Waals surface area contributed by atoms with E-state index in [0.717, 1.165) is 17.3 Å². The molecule has 0 aromatic heterocycles. The molecule has 5 heteroatoms. The highest BCUT2D eigenvalue weighted by molar-refractivity contribution is 9.10. The number of nitrogens with one attached hydrogen (secondary N) is 1. The summed E-state index contributed by atoms with van der Waals surface area (Å²) >= 11 is 3.56. The number of carbonyl (C=O) groups excluding carboxylic acids is 2. The molecule has 1 heterocycles. The van der Waals surface area contributed by atoms with Gasteiger partial charge in [0.2, 0.25) is 11.8 Å². The van der Waals surface area contributed by atoms with Crippen LogP contribution >= 0.6 is 15.9 Å². The van der Waals surface area contributed by atoms with Gasteiger partial charge in [0.15, 0.2) is 0 Å². The molecule has 1 fully saturated rings. The maximum Gasteiger partial charge on any atom is 0.225 e. The molecule has 0 spiro atoms. The molecule has 1 aliphatic carbocycles. The van der Waals surface area contributed by atoms with E-state index in [0.29, 0.717) is 13.0 Å². The average Bonchev–Trinajstić information content (AvgIpc) is 2.96. The highest BCUT2D eigenvalue weighted by atomic mass is 79.9. The largest absolute Gasteiger partial charge is 0.349 e. The Morgan fingerprint density at radius 2 is 2.25 bits per heavy atom. The van der Waals surface area contributed by atoms with Crippen LogP contribution in [0.2, 0.25) is 0 Å². The van der Waals surface area contributed by atoms with E-state index in [1.165, 1.54) is 11.1 Å². The number of rotatable bonds is 2. The van der Waals surface area contributed by atoms with Crippen molar-refractivity contribution in [1.29, 1.82) is 0 Å². The number of fused-ring (bicyclic) bond motifs is 1. The molecular formula is C15H17BrN2O2. The summed E-state index contributed by atoms with van der Waals surface area (Å²) in [7, 11) is 1.75. The summed E-state index contributed by atoms with van der Waals surface area (Å²) in [5, 5.41) is 3.11. The van der Waals surface area contributed by atoms with Gasteiger partial charge < -0.3 is 10.2 Å². The lowest BCUT2D eigenvalue weighted by Gasteiger charge is -2.17. The van der Waals surface area contributed by atoms with Crippen LogP contribution in [0.3, 0.4) is 0 Å². The van der Waals surface area contributed by atoms with Crippen LogP contribution in [-0.2, 0) is 16.0 Å². The highest BCUT2D eigenvalue weighted by Gasteiger charge is 2.34. The minimum absolute atomic E-state index is 0.000487. The van der Waals surface area contributed by atoms with Crippen molar-refractivity contribution in [2.24, 2.45) is 5.92 Å². The molecule has 2 atom stereocenters. The van der Waals surface area contributed by atoms with Crippen molar-refractivity contribution in [1.82, 2.24) is 10.2 Å². The average molecular weight is 337 g/mol. The van der Waals surface area contributed by atoms with Crippen LogP contribution < -0.4 is 5.32 Å². The van der Waals surface area contributed by atoms with Gasteiger partial charge in [-0.3, -0.25) is 9.59 Å². The Morgan fingerprint density at radius 1 is 1.45 bits per heavy atom. The van der Waals surface area contributed by atoms with Crippen LogP contribution in [-0.4, -0.2) is 30.3 Å². The van der Waals surface area contributed by atoms with Crippen molar-refractivity contribution in [3.63, 3.8) is 0 Å². The van der Waals surface area contributed by atoms with Crippen LogP contribution in [0.5, 0.6) is 0 Å². The molecule has 106 valence electrons. The monoisotopic (exact) mass is 336 g/mol. The first-order chi connectivity index (χ1) is 9.56. The number of carbonyl (C=O) groups is 2. The van der Waals surface area contributed by atoms with Gasteiger partial charge in [0.05, 0.1) is 12.0 Å². The minimum Gasteiger partial charge on any atom is -0.349 e. The van der Waals surface area contributed by atoms with E-state index >= 15 is 0 Å². The number of benzene rings is 1. The fraction of sp³-hybridized carbons (Fsp3) is 0.467. The summed E-state index contributed by atoms with van der Waals surface area (Å²) in [5.41, 5.74) is 2.49. The fourth-order valence-corrected chi connectivity index (χ4v) is 3.67. The second kappa shape index (κ2) is 5.20. The van der Waals surface area contributed by atoms with Gasteiger partial charge in [-0.1, -0.05) is 28.1 Å². The summed E-state index contributed by atoms with van der Waals surface area (Å²) in [6.45, 7) is 0.530. The zero-order valence-corrected chi connectivity index (χ0v) is 12.9. The molecule has 1 aromatic carbocycles. The first kappa shape index (κ1) is 13.6. The number of amides is 2. The van der Waals surface area contributed by atoms with Crippen LogP contribution in [0.4, 0.5) is 0 Å². The maximum atomic E-state index is 12.3. The Labute approximate surface area is 126 Å². The zero-order valence-electron chi connectivity index (χ0n) is 11.4. The molecule has 2 amide bonds. The van der Waals surface area contributed by atoms with Crippen molar-refractivity contribution in [3.8, 4) is 0 Å². The molecule has 1 aromatic rings. The Balaban J connectivity index is 1.70. The van der Waals surface area contributed by atoms with Gasteiger partial charge in [-0.25, -0.2) is 0 Å². The standard InChI is InChI=1S/C15H17BrN2O2/c1-18-8-9(7-14(18)19)15(20)17-13-6-5-10-11(13)3-2-4-12(10)16/h2-4,9,13H,5-8H2,1H3,(H,17,20)/t9-,13-/m0/s1. The number of hydrogen-bond donors (Lipinski definition) is 1. The van der Waals surface area contributed by atoms with Crippen molar-refractivity contribution < 1.29 is 9.59 Å². The molecule has 4 nitrogen and oxygen atoms in total. The van der Waals surface area contributed by atoms with E-state index in [2.05, 4.69) is 27.3 Å². The molecule has 3 rings (SSSR count). The van der Waals surface area contributed by atoms with E-state index in [4.69, 9.17) is 0 Å². The minimum atomic E-state index is -0.205. The molecule has 1 N–H and O–H groups in total. The maximum absolute atomic E-state index is 12.3. The normalized spacial score (nSPS) is 24.9. The SMILES string of the molecule is CN1C[C@@H](C(=O)N[C@H]2CCc3c(Br)cccc32)CC1=O. The molecule has 0 bridgehead atoms. The summed E-state index contributed by atoms with van der Waals surface area (Å²) in [5.74, 6) is -0.149. The van der Waals surface area contributed by atoms with Gasteiger partial charge in [-0.2, -0.15) is 0 Å². The Bertz CT molecular complexity index is 573. The smallest absolute Gasteiger partial charge is 0.225 e. The summed E-state index contributed by atoms with van der Waals surface area (Å²) in [6, 6.07) is 6.19. The quantitative estimate of drug-likeness (QED) is 0.898. The predicted molar refractivity (Wildman–Crippen MR) is 79.1 cm³/mol. The van der Waals surface area contributed by atoms with Crippen LogP contribution in [0.1, 0.15) is 30.0 Å². The number of nitrogens with zero attached hydrogens (tertiary/aromatic N) is 1. The topological polar surface area (TPSA) is 49.4 Å². The predicted octanol–water partition coefficient (Wildman–Crippen LogP) is 2.03. The van der Waals surface area contributed by atoms with Crippen molar-refractivity contribution >= 4 is 27.7 Å². The van der Waals surface area contributed by atoms with Crippen molar-refractivity contribution in [3.05, 3.63) is 33.8 Å². The lowest BCUT2D eigenvalue weighted by molar-refractivity contribution is -0.128. The van der Waals surface area contributed by atoms with Gasteiger partial charge in [-0.15, -0.1) is 0 Å². The van der Waals surface area contributed by atoms with E-state index in [-0.39, 0.29) is 23.8 Å². The Kier molecular flexibility index (Phi) is 3.54. The molecule has 1 aliphatic heterocycles. The van der Waals surface area contributed by atoms with Crippen LogP contribution in [0, 0.1) is 5.92 Å². The van der Waals surface area contributed by atoms with Gasteiger partial charge in [0.25, 0.3) is 0 Å². The second-order valence-corrected chi connectivity index (χ2v) is 6.44. The third-order valence-electron chi connectivity index (χ3n) is 4.24. The summed E-state index contributed by atoms with van der Waals surface area (Å²) < 4.78 is 1.11. The van der Waals surface area contributed by atoms with Gasteiger partial charge in [0, 0.05) is 24.5 Å². The molecule has 2 aliphatic rings. The summed E-state index contributed by atoms with van der Waals surface area (Å²) in [6.07, 6.45) is 2.24. The highest BCUT2D eigenvalue weighted by Crippen LogP contribution is 2.35. The van der Waals surface area contributed by atoms with Crippen molar-refractivity contribution in [2.45, 2.75) is 25.3 Å². The van der Waals surface area contributed by atoms with Gasteiger partial charge in [-0.05, 0) is 30.0 Å². The molecular weight excluding hydrogens is 320 g/mol. The number of hydrogen-bond acceptors (Lipinski definition) is 2. The first-order valence-electron chi connectivity index (χ1n) is 6.88. The number of likely N-dealkylation sites (tertiary alicyclic amines) is 1.